The number of hydrogen-bond acceptors (Lipinski definition) is 3. The van der Waals surface area contributed by atoms with Crippen molar-refractivity contribution in [2.24, 2.45) is 5.92 Å². The van der Waals surface area contributed by atoms with E-state index in [9.17, 15) is 13.9 Å². The molecular weight excluding hydrogens is 264 g/mol. The lowest BCUT2D eigenvalue weighted by molar-refractivity contribution is 0.118. The lowest BCUT2D eigenvalue weighted by Gasteiger charge is -2.14. The molecule has 1 rings (SSSR count). The van der Waals surface area contributed by atoms with Crippen LogP contribution < -0.4 is 5.32 Å². The Bertz CT molecular complexity index is 379. The Morgan fingerprint density at radius 2 is 1.85 bits per heavy atom. The van der Waals surface area contributed by atoms with E-state index in [1.165, 1.54) is 6.07 Å². The van der Waals surface area contributed by atoms with E-state index in [0.29, 0.717) is 25.7 Å². The maximum Gasteiger partial charge on any atom is 0.131 e. The zero-order valence-corrected chi connectivity index (χ0v) is 12.0. The average Bonchev–Trinajstić information content (AvgIpc) is 2.37. The van der Waals surface area contributed by atoms with Gasteiger partial charge < -0.3 is 15.2 Å². The lowest BCUT2D eigenvalue weighted by Crippen LogP contribution is -2.26. The van der Waals surface area contributed by atoms with Crippen molar-refractivity contribution >= 4 is 0 Å². The molecule has 0 aliphatic rings. The number of nitrogens with one attached hydrogen (secondary N) is 1. The average molecular weight is 287 g/mol. The second-order valence-corrected chi connectivity index (χ2v) is 5.15. The van der Waals surface area contributed by atoms with Gasteiger partial charge in [-0.1, -0.05) is 19.9 Å². The molecule has 0 aromatic heterocycles. The number of benzene rings is 1. The van der Waals surface area contributed by atoms with Crippen molar-refractivity contribution < 1.29 is 18.6 Å². The smallest absolute Gasteiger partial charge is 0.131 e. The van der Waals surface area contributed by atoms with E-state index in [-0.39, 0.29) is 12.1 Å². The van der Waals surface area contributed by atoms with Crippen molar-refractivity contribution in [3.05, 3.63) is 35.4 Å². The first-order valence-corrected chi connectivity index (χ1v) is 6.92. The molecule has 0 amide bonds. The van der Waals surface area contributed by atoms with Crippen LogP contribution in [0.1, 0.15) is 31.9 Å². The van der Waals surface area contributed by atoms with Crippen LogP contribution in [-0.4, -0.2) is 31.4 Å². The van der Waals surface area contributed by atoms with Crippen LogP contribution in [0.15, 0.2) is 18.2 Å². The van der Waals surface area contributed by atoms with Crippen LogP contribution in [0.3, 0.4) is 0 Å². The van der Waals surface area contributed by atoms with Gasteiger partial charge in [-0.05, 0) is 24.5 Å². The zero-order chi connectivity index (χ0) is 15.0. The van der Waals surface area contributed by atoms with Gasteiger partial charge in [0, 0.05) is 19.7 Å². The van der Waals surface area contributed by atoms with E-state index in [2.05, 4.69) is 19.2 Å². The van der Waals surface area contributed by atoms with Crippen molar-refractivity contribution in [1.29, 1.82) is 0 Å². The van der Waals surface area contributed by atoms with E-state index in [1.807, 2.05) is 0 Å². The molecule has 0 heterocycles. The largest absolute Gasteiger partial charge is 0.387 e. The third-order valence-corrected chi connectivity index (χ3v) is 2.93. The van der Waals surface area contributed by atoms with Gasteiger partial charge in [-0.2, -0.15) is 0 Å². The van der Waals surface area contributed by atoms with Crippen LogP contribution in [-0.2, 0) is 4.74 Å². The minimum Gasteiger partial charge on any atom is -0.387 e. The van der Waals surface area contributed by atoms with Crippen molar-refractivity contribution in [3.8, 4) is 0 Å². The van der Waals surface area contributed by atoms with Gasteiger partial charge in [-0.25, -0.2) is 8.78 Å². The molecule has 0 aliphatic carbocycles. The number of halogens is 2. The van der Waals surface area contributed by atoms with Gasteiger partial charge in [0.25, 0.3) is 0 Å². The summed E-state index contributed by atoms with van der Waals surface area (Å²) < 4.78 is 32.2. The quantitative estimate of drug-likeness (QED) is 0.686. The fourth-order valence-electron chi connectivity index (χ4n) is 1.74. The Hall–Kier alpha value is -1.04. The van der Waals surface area contributed by atoms with Crippen LogP contribution in [0.4, 0.5) is 8.78 Å². The SMILES string of the molecule is CC(C)CCOCCNCC(O)c1c(F)cccc1F. The van der Waals surface area contributed by atoms with Gasteiger partial charge in [0.15, 0.2) is 0 Å². The summed E-state index contributed by atoms with van der Waals surface area (Å²) in [4.78, 5) is 0. The van der Waals surface area contributed by atoms with Gasteiger partial charge in [-0.15, -0.1) is 0 Å². The Kier molecular flexibility index (Phi) is 7.65. The summed E-state index contributed by atoms with van der Waals surface area (Å²) in [6, 6.07) is 3.55. The molecule has 3 nitrogen and oxygen atoms in total. The van der Waals surface area contributed by atoms with Crippen LogP contribution in [0.5, 0.6) is 0 Å². The van der Waals surface area contributed by atoms with Gasteiger partial charge in [0.05, 0.1) is 18.3 Å². The molecule has 5 heteroatoms. The van der Waals surface area contributed by atoms with Gasteiger partial charge in [0.1, 0.15) is 11.6 Å². The summed E-state index contributed by atoms with van der Waals surface area (Å²) >= 11 is 0. The molecule has 1 atom stereocenters. The fraction of sp³-hybridized carbons (Fsp3) is 0.600. The summed E-state index contributed by atoms with van der Waals surface area (Å²) in [7, 11) is 0. The first-order valence-electron chi connectivity index (χ1n) is 6.92. The van der Waals surface area contributed by atoms with E-state index in [4.69, 9.17) is 4.74 Å². The maximum atomic E-state index is 13.4. The number of rotatable bonds is 9. The molecule has 20 heavy (non-hydrogen) atoms. The molecule has 1 unspecified atom stereocenters. The highest BCUT2D eigenvalue weighted by Gasteiger charge is 2.16. The number of hydrogen-bond donors (Lipinski definition) is 2. The highest BCUT2D eigenvalue weighted by molar-refractivity contribution is 5.22. The molecule has 1 aromatic rings. The van der Waals surface area contributed by atoms with E-state index < -0.39 is 17.7 Å². The van der Waals surface area contributed by atoms with Gasteiger partial charge >= 0.3 is 0 Å². The van der Waals surface area contributed by atoms with Crippen molar-refractivity contribution in [3.63, 3.8) is 0 Å². The van der Waals surface area contributed by atoms with Crippen LogP contribution in [0, 0.1) is 17.6 Å². The Morgan fingerprint density at radius 1 is 1.20 bits per heavy atom. The van der Waals surface area contributed by atoms with Gasteiger partial charge in [-0.3, -0.25) is 0 Å². The first-order chi connectivity index (χ1) is 9.52. The predicted molar refractivity (Wildman–Crippen MR) is 74.5 cm³/mol. The fourth-order valence-corrected chi connectivity index (χ4v) is 1.74. The Morgan fingerprint density at radius 3 is 2.45 bits per heavy atom. The summed E-state index contributed by atoms with van der Waals surface area (Å²) in [6.45, 7) is 6.08. The Labute approximate surface area is 119 Å². The van der Waals surface area contributed by atoms with Crippen LogP contribution in [0.25, 0.3) is 0 Å². The van der Waals surface area contributed by atoms with Crippen molar-refractivity contribution in [2.45, 2.75) is 26.4 Å². The minimum absolute atomic E-state index is 0.0887. The molecule has 0 spiro atoms. The minimum atomic E-state index is -1.20. The molecule has 0 saturated heterocycles. The molecule has 1 aromatic carbocycles. The highest BCUT2D eigenvalue weighted by atomic mass is 19.1. The normalized spacial score (nSPS) is 12.9. The number of aliphatic hydroxyl groups is 1. The predicted octanol–water partition coefficient (Wildman–Crippen LogP) is 2.65. The second-order valence-electron chi connectivity index (χ2n) is 5.15. The highest BCUT2D eigenvalue weighted by Crippen LogP contribution is 2.19. The monoisotopic (exact) mass is 287 g/mol. The van der Waals surface area contributed by atoms with Crippen molar-refractivity contribution in [2.75, 3.05) is 26.3 Å². The maximum absolute atomic E-state index is 13.4. The lowest BCUT2D eigenvalue weighted by atomic mass is 10.1. The summed E-state index contributed by atoms with van der Waals surface area (Å²) in [5, 5.41) is 12.7. The molecule has 0 fully saturated rings. The number of aliphatic hydroxyl groups excluding tert-OH is 1. The third kappa shape index (κ3) is 5.94. The summed E-state index contributed by atoms with van der Waals surface area (Å²) in [5.41, 5.74) is -0.291. The van der Waals surface area contributed by atoms with Gasteiger partial charge in [0.2, 0.25) is 0 Å². The van der Waals surface area contributed by atoms with E-state index in [0.717, 1.165) is 18.6 Å². The summed E-state index contributed by atoms with van der Waals surface area (Å²) in [6.07, 6.45) is -0.199. The number of ether oxygens (including phenoxy) is 1. The standard InChI is InChI=1S/C15H23F2NO2/c1-11(2)6-8-20-9-7-18-10-14(19)15-12(16)4-3-5-13(15)17/h3-5,11,14,18-19H,6-10H2,1-2H3. The van der Waals surface area contributed by atoms with Crippen LogP contribution >= 0.6 is 0 Å². The topological polar surface area (TPSA) is 41.5 Å². The summed E-state index contributed by atoms with van der Waals surface area (Å²) in [5.74, 6) is -0.853. The third-order valence-electron chi connectivity index (χ3n) is 2.93. The molecular formula is C15H23F2NO2. The molecule has 2 N–H and O–H groups in total. The molecule has 0 aliphatic heterocycles. The Balaban J connectivity index is 2.22. The van der Waals surface area contributed by atoms with E-state index >= 15 is 0 Å². The zero-order valence-electron chi connectivity index (χ0n) is 12.0. The molecule has 0 saturated carbocycles. The van der Waals surface area contributed by atoms with Crippen molar-refractivity contribution in [1.82, 2.24) is 5.32 Å². The van der Waals surface area contributed by atoms with E-state index in [1.54, 1.807) is 0 Å². The first kappa shape index (κ1) is 17.0. The van der Waals surface area contributed by atoms with Crippen LogP contribution in [0.2, 0.25) is 0 Å². The molecule has 0 radical (unpaired) electrons. The molecule has 114 valence electrons. The molecule has 0 bridgehead atoms. The second kappa shape index (κ2) is 9.00.